The molecule has 0 aliphatic carbocycles. The number of benzene rings is 5. The number of fused-ring (bicyclic) bond motifs is 8. The van der Waals surface area contributed by atoms with Gasteiger partial charge in [-0.15, -0.1) is 5.06 Å². The first-order valence-electron chi connectivity index (χ1n) is 27.4. The van der Waals surface area contributed by atoms with Crippen LogP contribution in [0.15, 0.2) is 91.0 Å². The van der Waals surface area contributed by atoms with E-state index in [-0.39, 0.29) is 79.9 Å². The Balaban J connectivity index is 0.859. The summed E-state index contributed by atoms with van der Waals surface area (Å²) in [7, 11) is -2.39. The van der Waals surface area contributed by atoms with E-state index in [1.165, 1.54) is 28.7 Å². The van der Waals surface area contributed by atoms with Crippen molar-refractivity contribution in [1.82, 2.24) is 5.06 Å². The average Bonchev–Trinajstić information content (AvgIpc) is 2.43. The third-order valence-corrected chi connectivity index (χ3v) is 22.5. The van der Waals surface area contributed by atoms with Crippen molar-refractivity contribution in [3.05, 3.63) is 141 Å². The molecule has 20 nitrogen and oxygen atoms in total. The molecule has 1 N–H and O–H groups in total. The molecule has 2 unspecified atom stereocenters. The summed E-state index contributed by atoms with van der Waals surface area (Å²) in [5, 5.41) is 0.444. The van der Waals surface area contributed by atoms with Gasteiger partial charge in [-0.1, -0.05) is 58.0 Å². The lowest BCUT2D eigenvalue weighted by molar-refractivity contribution is -0.197. The summed E-state index contributed by atoms with van der Waals surface area (Å²) < 4.78 is 80.8. The van der Waals surface area contributed by atoms with Gasteiger partial charge in [-0.2, -0.15) is 16.8 Å². The minimum absolute atomic E-state index is 0.00412. The van der Waals surface area contributed by atoms with Gasteiger partial charge in [0.25, 0.3) is 43.9 Å². The molecular formula is C60H64N4O16S4. The van der Waals surface area contributed by atoms with Gasteiger partial charge in [0.1, 0.15) is 24.2 Å². The van der Waals surface area contributed by atoms with Crippen LogP contribution in [0.3, 0.4) is 0 Å². The Hall–Kier alpha value is -6.96. The van der Waals surface area contributed by atoms with Gasteiger partial charge < -0.3 is 34.2 Å². The highest BCUT2D eigenvalue weighted by atomic mass is 33.1. The van der Waals surface area contributed by atoms with Crippen LogP contribution in [0.5, 0.6) is 17.2 Å². The topological polar surface area (TPSA) is 248 Å². The second kappa shape index (κ2) is 24.6. The Bertz CT molecular complexity index is 3690. The summed E-state index contributed by atoms with van der Waals surface area (Å²) in [6.07, 6.45) is 2.39. The van der Waals surface area contributed by atoms with Gasteiger partial charge in [0, 0.05) is 64.0 Å². The number of hydrogen-bond donors (Lipinski definition) is 1. The normalized spacial score (nSPS) is 18.6. The third kappa shape index (κ3) is 12.6. The monoisotopic (exact) mass is 1220 g/mol. The molecule has 5 aromatic rings. The number of aryl methyl sites for hydroxylation is 2. The molecule has 24 heteroatoms. The maximum atomic E-state index is 14.5. The quantitative estimate of drug-likeness (QED) is 0.0296. The number of hydroxylamine groups is 2. The Kier molecular flexibility index (Phi) is 17.6. The Morgan fingerprint density at radius 2 is 1.32 bits per heavy atom. The molecule has 1 saturated heterocycles. The highest BCUT2D eigenvalue weighted by Crippen LogP contribution is 2.44. The number of imide groups is 1. The summed E-state index contributed by atoms with van der Waals surface area (Å²) in [5.41, 5.74) is 8.19. The number of nitrogens with zero attached hydrogens (tertiary/aromatic N) is 3. The van der Waals surface area contributed by atoms with Crippen molar-refractivity contribution in [2.45, 2.75) is 126 Å². The molecule has 5 heterocycles. The number of anilines is 3. The minimum Gasteiger partial charge on any atom is -0.493 e. The van der Waals surface area contributed by atoms with Crippen molar-refractivity contribution in [2.75, 3.05) is 42.2 Å². The maximum Gasteiger partial charge on any atom is 0.353 e. The fraction of sp³-hybridized carbons (Fsp3) is 0.400. The molecule has 444 valence electrons. The molecule has 4 atom stereocenters. The van der Waals surface area contributed by atoms with Crippen LogP contribution in [0.2, 0.25) is 0 Å². The fourth-order valence-corrected chi connectivity index (χ4v) is 16.5. The lowest BCUT2D eigenvalue weighted by Gasteiger charge is -2.28. The number of rotatable bonds is 22. The number of carbonyl (C=O) groups is 6. The second-order valence-electron chi connectivity index (χ2n) is 21.9. The average molecular weight is 1230 g/mol. The first-order valence-corrected chi connectivity index (χ1v) is 32.7. The predicted octanol–water partition coefficient (Wildman–Crippen LogP) is 8.37. The van der Waals surface area contributed by atoms with E-state index < -0.39 is 59.3 Å². The number of amides is 5. The molecule has 0 radical (unpaired) electrons. The number of ether oxygens (including phenoxy) is 3. The van der Waals surface area contributed by atoms with Crippen LogP contribution in [0, 0.1) is 6.92 Å². The SMILES string of the molecule is COc1cc2c(cc1OCc1cc(COc3cc4c(cc3C)C(=O)N3c5ccccc5C[C@H]3C(S(=O)(=O)OC)C4)cc(NC(=O)CCC(C)(C)SSCCC(C(=O)ON3C(=O)CCC3=O)S(=O)(=O)OC)c1)CC[C@@H]1Cc3ccccc3N1C2=O. The van der Waals surface area contributed by atoms with Crippen LogP contribution in [-0.2, 0) is 91.5 Å². The van der Waals surface area contributed by atoms with Crippen molar-refractivity contribution < 1.29 is 73.0 Å². The first-order chi connectivity index (χ1) is 40.1. The smallest absolute Gasteiger partial charge is 0.353 e. The van der Waals surface area contributed by atoms with E-state index in [1.807, 2.05) is 80.3 Å². The van der Waals surface area contributed by atoms with Gasteiger partial charge in [0.2, 0.25) is 5.91 Å². The molecule has 5 amide bonds. The van der Waals surface area contributed by atoms with Gasteiger partial charge in [-0.05, 0) is 159 Å². The second-order valence-corrected chi connectivity index (χ2v) is 28.8. The van der Waals surface area contributed by atoms with E-state index in [0.717, 1.165) is 49.4 Å². The Labute approximate surface area is 495 Å². The number of nitrogens with one attached hydrogen (secondary N) is 1. The molecule has 5 aromatic carbocycles. The third-order valence-electron chi connectivity index (χ3n) is 15.8. The van der Waals surface area contributed by atoms with Crippen LogP contribution in [0.4, 0.5) is 17.1 Å². The van der Waals surface area contributed by atoms with Crippen molar-refractivity contribution in [3.63, 3.8) is 0 Å². The number of methoxy groups -OCH3 is 1. The van der Waals surface area contributed by atoms with Crippen molar-refractivity contribution in [1.29, 1.82) is 0 Å². The van der Waals surface area contributed by atoms with Crippen molar-refractivity contribution in [3.8, 4) is 17.2 Å². The molecule has 0 bridgehead atoms. The van der Waals surface area contributed by atoms with Crippen LogP contribution in [-0.4, -0.2) is 112 Å². The summed E-state index contributed by atoms with van der Waals surface area (Å²) in [6, 6.07) is 27.2. The van der Waals surface area contributed by atoms with Gasteiger partial charge in [-0.3, -0.25) is 32.3 Å². The number of hydrogen-bond acceptors (Lipinski definition) is 18. The van der Waals surface area contributed by atoms with Crippen LogP contribution in [0.25, 0.3) is 0 Å². The lowest BCUT2D eigenvalue weighted by atomic mass is 9.97. The van der Waals surface area contributed by atoms with Crippen LogP contribution in [0.1, 0.15) is 112 Å². The van der Waals surface area contributed by atoms with Crippen molar-refractivity contribution in [2.24, 2.45) is 0 Å². The zero-order valence-electron chi connectivity index (χ0n) is 47.2. The van der Waals surface area contributed by atoms with Gasteiger partial charge in [0.15, 0.2) is 16.7 Å². The van der Waals surface area contributed by atoms with Crippen molar-refractivity contribution >= 4 is 94.4 Å². The van der Waals surface area contributed by atoms with Gasteiger partial charge in [0.05, 0.1) is 27.4 Å². The van der Waals surface area contributed by atoms with Gasteiger partial charge >= 0.3 is 5.97 Å². The minimum atomic E-state index is -4.46. The number of para-hydroxylation sites is 2. The largest absolute Gasteiger partial charge is 0.493 e. The molecule has 5 aliphatic heterocycles. The van der Waals surface area contributed by atoms with E-state index in [2.05, 4.69) is 15.6 Å². The Morgan fingerprint density at radius 1 is 0.702 bits per heavy atom. The molecule has 5 aliphatic rings. The predicted molar refractivity (Wildman–Crippen MR) is 316 cm³/mol. The molecule has 10 rings (SSSR count). The standard InChI is InChI=1S/C60H64N4O16S4/c1-35-23-44-41(31-53(84(73,74)77-6)48-28-40-12-8-10-14-47(40)63(48)58(44)69)30-49(35)78-33-36-24-37(34-79-51-29-38-15-16-43-27-39-11-7-9-13-46(39)62(43)57(68)45(38)32-50(51)75-4)26-42(25-36)61-54(65)19-21-60(2,3)82-81-22-20-52(83(71,72)76-5)59(70)80-64-55(66)17-18-56(64)67/h7-14,23-26,29-30,32,43,48,52-53H,15-22,27-28,31,33-34H2,1-6H3,(H,61,65)/t43-,48+,52?,53?/m1/s1. The lowest BCUT2D eigenvalue weighted by Crippen LogP contribution is -2.47. The van der Waals surface area contributed by atoms with Crippen LogP contribution < -0.4 is 29.3 Å². The zero-order chi connectivity index (χ0) is 59.8. The zero-order valence-corrected chi connectivity index (χ0v) is 50.4. The first kappa shape index (κ1) is 60.2. The molecule has 0 spiro atoms. The molecule has 84 heavy (non-hydrogen) atoms. The molecular weight excluding hydrogens is 1160 g/mol. The summed E-state index contributed by atoms with van der Waals surface area (Å²) >= 11 is 0. The summed E-state index contributed by atoms with van der Waals surface area (Å²) in [5.74, 6) is -2.19. The van der Waals surface area contributed by atoms with Crippen LogP contribution >= 0.6 is 21.6 Å². The van der Waals surface area contributed by atoms with E-state index in [9.17, 15) is 45.6 Å². The summed E-state index contributed by atoms with van der Waals surface area (Å²) in [6.45, 7) is 5.65. The van der Waals surface area contributed by atoms with E-state index in [4.69, 9.17) is 23.2 Å². The molecule has 0 aromatic heterocycles. The maximum absolute atomic E-state index is 14.5. The molecule has 1 fully saturated rings. The highest BCUT2D eigenvalue weighted by molar-refractivity contribution is 8.77. The van der Waals surface area contributed by atoms with E-state index in [0.29, 0.717) is 81.3 Å². The molecule has 0 saturated carbocycles. The van der Waals surface area contributed by atoms with E-state index >= 15 is 0 Å². The fourth-order valence-electron chi connectivity index (χ4n) is 11.5. The summed E-state index contributed by atoms with van der Waals surface area (Å²) in [4.78, 5) is 88.0. The Morgan fingerprint density at radius 3 is 1.99 bits per heavy atom. The number of carbonyl (C=O) groups excluding carboxylic acids is 6. The highest BCUT2D eigenvalue weighted by Gasteiger charge is 2.48. The van der Waals surface area contributed by atoms with Gasteiger partial charge in [-0.25, -0.2) is 4.79 Å². The van der Waals surface area contributed by atoms with E-state index in [1.54, 1.807) is 35.2 Å².